The van der Waals surface area contributed by atoms with E-state index in [4.69, 9.17) is 21.7 Å². The number of carbonyl (C=O) groups excluding carboxylic acids is 2. The predicted octanol–water partition coefficient (Wildman–Crippen LogP) is 3.45. The number of esters is 2. The first-order valence-corrected chi connectivity index (χ1v) is 9.38. The molecule has 1 aromatic heterocycles. The van der Waals surface area contributed by atoms with Crippen molar-refractivity contribution in [3.8, 4) is 0 Å². The zero-order valence-corrected chi connectivity index (χ0v) is 17.1. The van der Waals surface area contributed by atoms with Crippen LogP contribution in [0.5, 0.6) is 0 Å². The van der Waals surface area contributed by atoms with Crippen LogP contribution in [-0.2, 0) is 16.0 Å². The number of ether oxygens (including phenoxy) is 2. The molecule has 0 unspecified atom stereocenters. The minimum Gasteiger partial charge on any atom is -0.462 e. The van der Waals surface area contributed by atoms with Crippen molar-refractivity contribution in [2.45, 2.75) is 40.3 Å². The number of rotatable bonds is 7. The molecule has 150 valence electrons. The lowest BCUT2D eigenvalue weighted by Crippen LogP contribution is -2.21. The molecule has 8 nitrogen and oxygen atoms in total. The molecule has 0 saturated carbocycles. The summed E-state index contributed by atoms with van der Waals surface area (Å²) in [7, 11) is 0. The quantitative estimate of drug-likeness (QED) is 0.535. The van der Waals surface area contributed by atoms with Gasteiger partial charge in [0.2, 0.25) is 0 Å². The van der Waals surface area contributed by atoms with Gasteiger partial charge in [-0.15, -0.1) is 0 Å². The second kappa shape index (κ2) is 9.84. The van der Waals surface area contributed by atoms with Crippen LogP contribution in [0, 0.1) is 0 Å². The van der Waals surface area contributed by atoms with Gasteiger partial charge in [-0.2, -0.15) is 5.10 Å². The maximum absolute atomic E-state index is 12.3. The molecule has 0 saturated heterocycles. The lowest BCUT2D eigenvalue weighted by atomic mass is 10.2. The highest BCUT2D eigenvalue weighted by atomic mass is 32.1. The van der Waals surface area contributed by atoms with E-state index in [1.807, 2.05) is 6.92 Å². The number of nitrogens with zero attached hydrogens (tertiary/aromatic N) is 2. The Morgan fingerprint density at radius 2 is 1.82 bits per heavy atom. The van der Waals surface area contributed by atoms with Crippen LogP contribution in [0.3, 0.4) is 0 Å². The molecule has 9 heteroatoms. The zero-order valence-electron chi connectivity index (χ0n) is 16.3. The number of hydrogen-bond acceptors (Lipinski definition) is 6. The van der Waals surface area contributed by atoms with Gasteiger partial charge >= 0.3 is 11.9 Å². The number of hydrogen-bond donors (Lipinski definition) is 2. The second-order valence-corrected chi connectivity index (χ2v) is 6.49. The van der Waals surface area contributed by atoms with Gasteiger partial charge in [0, 0.05) is 18.4 Å². The number of benzene rings is 1. The van der Waals surface area contributed by atoms with E-state index in [-0.39, 0.29) is 22.9 Å². The Balaban J connectivity index is 2.07. The van der Waals surface area contributed by atoms with Crippen molar-refractivity contribution in [1.29, 1.82) is 0 Å². The zero-order chi connectivity index (χ0) is 20.7. The monoisotopic (exact) mass is 404 g/mol. The van der Waals surface area contributed by atoms with Crippen molar-refractivity contribution < 1.29 is 19.1 Å². The lowest BCUT2D eigenvalue weighted by molar-refractivity contribution is 0.0370. The van der Waals surface area contributed by atoms with Crippen molar-refractivity contribution >= 4 is 40.6 Å². The highest BCUT2D eigenvalue weighted by Crippen LogP contribution is 2.17. The maximum atomic E-state index is 12.3. The van der Waals surface area contributed by atoms with Crippen LogP contribution in [0.15, 0.2) is 30.5 Å². The summed E-state index contributed by atoms with van der Waals surface area (Å²) in [4.78, 5) is 23.9. The third-order valence-corrected chi connectivity index (χ3v) is 3.73. The predicted molar refractivity (Wildman–Crippen MR) is 111 cm³/mol. The van der Waals surface area contributed by atoms with Crippen LogP contribution < -0.4 is 10.6 Å². The van der Waals surface area contributed by atoms with E-state index < -0.39 is 5.97 Å². The summed E-state index contributed by atoms with van der Waals surface area (Å²) >= 11 is 5.32. The number of aromatic nitrogens is 2. The van der Waals surface area contributed by atoms with Gasteiger partial charge < -0.3 is 20.1 Å². The Hall–Kier alpha value is -2.94. The highest BCUT2D eigenvalue weighted by molar-refractivity contribution is 7.80. The molecule has 0 spiro atoms. The van der Waals surface area contributed by atoms with E-state index in [1.165, 1.54) is 0 Å². The van der Waals surface area contributed by atoms with Gasteiger partial charge in [-0.05, 0) is 64.2 Å². The largest absolute Gasteiger partial charge is 0.462 e. The Morgan fingerprint density at radius 3 is 2.39 bits per heavy atom. The van der Waals surface area contributed by atoms with Crippen LogP contribution in [-0.4, -0.2) is 39.5 Å². The first-order chi connectivity index (χ1) is 13.3. The fourth-order valence-corrected chi connectivity index (χ4v) is 2.51. The molecule has 2 rings (SSSR count). The van der Waals surface area contributed by atoms with Crippen LogP contribution in [0.25, 0.3) is 0 Å². The van der Waals surface area contributed by atoms with Crippen LogP contribution in [0.2, 0.25) is 0 Å². The number of aryl methyl sites for hydroxylation is 1. The average molecular weight is 404 g/mol. The van der Waals surface area contributed by atoms with Gasteiger partial charge in [0.1, 0.15) is 0 Å². The summed E-state index contributed by atoms with van der Waals surface area (Å²) in [6, 6.07) is 6.71. The molecule has 2 aromatic rings. The van der Waals surface area contributed by atoms with Crippen LogP contribution >= 0.6 is 12.2 Å². The van der Waals surface area contributed by atoms with Crippen molar-refractivity contribution in [3.05, 3.63) is 41.7 Å². The van der Waals surface area contributed by atoms with Crippen LogP contribution in [0.1, 0.15) is 48.5 Å². The van der Waals surface area contributed by atoms with E-state index in [0.29, 0.717) is 30.1 Å². The molecule has 0 radical (unpaired) electrons. The molecule has 1 aromatic carbocycles. The van der Waals surface area contributed by atoms with E-state index in [0.717, 1.165) is 0 Å². The summed E-state index contributed by atoms with van der Waals surface area (Å²) in [5.41, 5.74) is 1.75. The molecule has 0 aliphatic heterocycles. The Labute approximate surface area is 169 Å². The molecule has 0 amide bonds. The smallest absolute Gasteiger partial charge is 0.361 e. The molecule has 0 atom stereocenters. The van der Waals surface area contributed by atoms with Crippen molar-refractivity contribution in [2.24, 2.45) is 0 Å². The second-order valence-electron chi connectivity index (χ2n) is 6.08. The van der Waals surface area contributed by atoms with Crippen molar-refractivity contribution in [3.63, 3.8) is 0 Å². The topological polar surface area (TPSA) is 94.5 Å². The third kappa shape index (κ3) is 5.78. The summed E-state index contributed by atoms with van der Waals surface area (Å²) in [6.45, 7) is 8.13. The van der Waals surface area contributed by atoms with Gasteiger partial charge in [-0.3, -0.25) is 4.68 Å². The van der Waals surface area contributed by atoms with Gasteiger partial charge in [-0.25, -0.2) is 9.59 Å². The molecule has 0 fully saturated rings. The fourth-order valence-electron chi connectivity index (χ4n) is 2.28. The lowest BCUT2D eigenvalue weighted by Gasteiger charge is -2.11. The molecule has 28 heavy (non-hydrogen) atoms. The number of anilines is 2. The number of nitrogens with one attached hydrogen (secondary N) is 2. The first-order valence-electron chi connectivity index (χ1n) is 8.97. The van der Waals surface area contributed by atoms with Crippen molar-refractivity contribution in [2.75, 3.05) is 17.2 Å². The SMILES string of the molecule is CCOC(=O)c1ccc(NC(=S)Nc2cn(CC)nc2C(=O)OC(C)C)cc1. The minimum atomic E-state index is -0.522. The Morgan fingerprint density at radius 1 is 1.14 bits per heavy atom. The summed E-state index contributed by atoms with van der Waals surface area (Å²) in [5.74, 6) is -0.902. The van der Waals surface area contributed by atoms with Gasteiger partial charge in [0.05, 0.1) is 24.0 Å². The van der Waals surface area contributed by atoms with E-state index >= 15 is 0 Å². The summed E-state index contributed by atoms with van der Waals surface area (Å²) < 4.78 is 11.8. The van der Waals surface area contributed by atoms with E-state index in [2.05, 4.69) is 15.7 Å². The molecule has 0 bridgehead atoms. The standard InChI is InChI=1S/C19H24N4O4S/c1-5-23-11-15(16(22-23)18(25)27-12(3)4)21-19(28)20-14-9-7-13(8-10-14)17(24)26-6-2/h7-12H,5-6H2,1-4H3,(H2,20,21,28). The summed E-state index contributed by atoms with van der Waals surface area (Å²) in [6.07, 6.45) is 1.43. The maximum Gasteiger partial charge on any atom is 0.361 e. The van der Waals surface area contributed by atoms with Crippen LogP contribution in [0.4, 0.5) is 11.4 Å². The molecule has 0 aliphatic carbocycles. The van der Waals surface area contributed by atoms with E-state index in [9.17, 15) is 9.59 Å². The van der Waals surface area contributed by atoms with E-state index in [1.54, 1.807) is 55.9 Å². The van der Waals surface area contributed by atoms with Gasteiger partial charge in [0.15, 0.2) is 10.8 Å². The minimum absolute atomic E-state index is 0.164. The third-order valence-electron chi connectivity index (χ3n) is 3.52. The normalized spacial score (nSPS) is 10.5. The van der Waals surface area contributed by atoms with Gasteiger partial charge in [0.25, 0.3) is 0 Å². The number of thiocarbonyl (C=S) groups is 1. The fraction of sp³-hybridized carbons (Fsp3) is 0.368. The Kier molecular flexibility index (Phi) is 7.51. The highest BCUT2D eigenvalue weighted by Gasteiger charge is 2.20. The average Bonchev–Trinajstić information content (AvgIpc) is 3.05. The molecular formula is C19H24N4O4S. The molecule has 2 N–H and O–H groups in total. The summed E-state index contributed by atoms with van der Waals surface area (Å²) in [5, 5.41) is 10.5. The first kappa shape index (κ1) is 21.4. The van der Waals surface area contributed by atoms with Crippen molar-refractivity contribution in [1.82, 2.24) is 9.78 Å². The number of carbonyl (C=O) groups is 2. The Bertz CT molecular complexity index is 846. The molecule has 0 aliphatic rings. The van der Waals surface area contributed by atoms with Gasteiger partial charge in [-0.1, -0.05) is 0 Å². The molecule has 1 heterocycles. The molecular weight excluding hydrogens is 380 g/mol.